The molecule has 1 saturated heterocycles. The molecule has 0 spiro atoms. The molecule has 1 aromatic carbocycles. The van der Waals surface area contributed by atoms with Crippen molar-refractivity contribution in [2.45, 2.75) is 51.1 Å². The first-order chi connectivity index (χ1) is 11.5. The van der Waals surface area contributed by atoms with Gasteiger partial charge < -0.3 is 10.0 Å². The van der Waals surface area contributed by atoms with E-state index in [9.17, 15) is 9.18 Å². The summed E-state index contributed by atoms with van der Waals surface area (Å²) < 4.78 is 13.3. The zero-order chi connectivity index (χ0) is 17.5. The van der Waals surface area contributed by atoms with Crippen molar-refractivity contribution in [3.63, 3.8) is 0 Å². The van der Waals surface area contributed by atoms with Crippen molar-refractivity contribution in [2.24, 2.45) is 0 Å². The zero-order valence-electron chi connectivity index (χ0n) is 14.7. The van der Waals surface area contributed by atoms with Gasteiger partial charge in [0.05, 0.1) is 6.54 Å². The van der Waals surface area contributed by atoms with Crippen LogP contribution in [0.4, 0.5) is 4.39 Å². The van der Waals surface area contributed by atoms with Crippen LogP contribution < -0.4 is 0 Å². The fourth-order valence-electron chi connectivity index (χ4n) is 3.58. The summed E-state index contributed by atoms with van der Waals surface area (Å²) in [6, 6.07) is 7.65. The zero-order valence-corrected chi connectivity index (χ0v) is 14.7. The molecular formula is C19H29FN2O2. The van der Waals surface area contributed by atoms with Gasteiger partial charge in [0.2, 0.25) is 0 Å². The van der Waals surface area contributed by atoms with Crippen LogP contribution >= 0.6 is 0 Å². The van der Waals surface area contributed by atoms with Crippen LogP contribution in [0.1, 0.15) is 38.2 Å². The van der Waals surface area contributed by atoms with E-state index in [4.69, 9.17) is 5.11 Å². The Morgan fingerprint density at radius 3 is 2.92 bits per heavy atom. The number of nitrogens with zero attached hydrogens (tertiary/aromatic N) is 2. The third kappa shape index (κ3) is 5.87. The van der Waals surface area contributed by atoms with E-state index in [0.29, 0.717) is 12.1 Å². The molecule has 24 heavy (non-hydrogen) atoms. The summed E-state index contributed by atoms with van der Waals surface area (Å²) in [6.07, 6.45) is 5.06. The first-order valence-electron chi connectivity index (χ1n) is 8.86. The maximum Gasteiger partial charge on any atom is 0.317 e. The molecule has 5 heteroatoms. The van der Waals surface area contributed by atoms with Gasteiger partial charge in [-0.1, -0.05) is 12.1 Å². The van der Waals surface area contributed by atoms with Gasteiger partial charge >= 0.3 is 5.97 Å². The Morgan fingerprint density at radius 1 is 1.42 bits per heavy atom. The second-order valence-corrected chi connectivity index (χ2v) is 6.95. The van der Waals surface area contributed by atoms with Crippen LogP contribution in [0.15, 0.2) is 24.3 Å². The van der Waals surface area contributed by atoms with Crippen molar-refractivity contribution in [2.75, 3.05) is 26.7 Å². The van der Waals surface area contributed by atoms with Gasteiger partial charge in [-0.3, -0.25) is 9.69 Å². The molecule has 0 saturated carbocycles. The molecule has 2 rings (SSSR count). The van der Waals surface area contributed by atoms with Crippen LogP contribution in [-0.2, 0) is 11.2 Å². The molecule has 0 amide bonds. The second kappa shape index (κ2) is 9.14. The predicted octanol–water partition coefficient (Wildman–Crippen LogP) is 3.02. The van der Waals surface area contributed by atoms with Gasteiger partial charge in [-0.2, -0.15) is 0 Å². The first kappa shape index (κ1) is 18.9. The molecule has 1 aliphatic rings. The summed E-state index contributed by atoms with van der Waals surface area (Å²) in [4.78, 5) is 15.3. The molecule has 1 fully saturated rings. The highest BCUT2D eigenvalue weighted by molar-refractivity contribution is 5.69. The number of benzene rings is 1. The summed E-state index contributed by atoms with van der Waals surface area (Å²) in [6.45, 7) is 4.40. The Kier molecular flexibility index (Phi) is 7.18. The predicted molar refractivity (Wildman–Crippen MR) is 93.7 cm³/mol. The maximum absolute atomic E-state index is 13.3. The lowest BCUT2D eigenvalue weighted by atomic mass is 10.0. The number of rotatable bonds is 7. The molecule has 1 heterocycles. The number of hydrogen-bond acceptors (Lipinski definition) is 3. The van der Waals surface area contributed by atoms with Crippen LogP contribution in [0.5, 0.6) is 0 Å². The molecule has 1 N–H and O–H groups in total. The topological polar surface area (TPSA) is 43.8 Å². The highest BCUT2D eigenvalue weighted by Gasteiger charge is 2.23. The Hall–Kier alpha value is -1.46. The maximum atomic E-state index is 13.3. The SMILES string of the molecule is CC(CCc1cccc(F)c1)N1CCCC(N(C)CC(=O)O)CC1. The summed E-state index contributed by atoms with van der Waals surface area (Å²) in [5.74, 6) is -0.929. The number of carboxylic acids is 1. The van der Waals surface area contributed by atoms with E-state index in [0.717, 1.165) is 50.8 Å². The number of carbonyl (C=O) groups is 1. The molecule has 2 atom stereocenters. The van der Waals surface area contributed by atoms with Gasteiger partial charge in [-0.05, 0) is 76.9 Å². The summed E-state index contributed by atoms with van der Waals surface area (Å²) in [7, 11) is 1.90. The third-order valence-electron chi connectivity index (χ3n) is 5.10. The average Bonchev–Trinajstić information content (AvgIpc) is 2.78. The van der Waals surface area contributed by atoms with Gasteiger partial charge in [0.1, 0.15) is 5.82 Å². The minimum absolute atomic E-state index is 0.111. The first-order valence-corrected chi connectivity index (χ1v) is 8.86. The lowest BCUT2D eigenvalue weighted by molar-refractivity contribution is -0.138. The lowest BCUT2D eigenvalue weighted by Gasteiger charge is -2.29. The lowest BCUT2D eigenvalue weighted by Crippen LogP contribution is -2.38. The van der Waals surface area contributed by atoms with E-state index < -0.39 is 5.97 Å². The fourth-order valence-corrected chi connectivity index (χ4v) is 3.58. The van der Waals surface area contributed by atoms with Crippen molar-refractivity contribution in [1.29, 1.82) is 0 Å². The number of carboxylic acid groups (broad SMARTS) is 1. The Balaban J connectivity index is 1.81. The Bertz CT molecular complexity index is 538. The number of likely N-dealkylation sites (tertiary alicyclic amines) is 1. The monoisotopic (exact) mass is 336 g/mol. The Labute approximate surface area is 144 Å². The smallest absolute Gasteiger partial charge is 0.317 e. The molecule has 0 radical (unpaired) electrons. The van der Waals surface area contributed by atoms with Crippen molar-refractivity contribution in [3.05, 3.63) is 35.6 Å². The number of hydrogen-bond donors (Lipinski definition) is 1. The summed E-state index contributed by atoms with van der Waals surface area (Å²) in [5, 5.41) is 8.94. The second-order valence-electron chi connectivity index (χ2n) is 6.95. The summed E-state index contributed by atoms with van der Waals surface area (Å²) >= 11 is 0. The van der Waals surface area contributed by atoms with E-state index >= 15 is 0 Å². The number of halogens is 1. The molecule has 4 nitrogen and oxygen atoms in total. The standard InChI is InChI=1S/C19H29FN2O2/c1-15(8-9-16-5-3-6-17(20)13-16)22-11-4-7-18(10-12-22)21(2)14-19(23)24/h3,5-6,13,15,18H,4,7-12,14H2,1-2H3,(H,23,24). The largest absolute Gasteiger partial charge is 0.480 e. The molecule has 1 aliphatic heterocycles. The third-order valence-corrected chi connectivity index (χ3v) is 5.10. The van der Waals surface area contributed by atoms with Gasteiger partial charge in [-0.15, -0.1) is 0 Å². The minimum Gasteiger partial charge on any atom is -0.480 e. The van der Waals surface area contributed by atoms with E-state index in [1.165, 1.54) is 6.07 Å². The highest BCUT2D eigenvalue weighted by Crippen LogP contribution is 2.19. The molecule has 1 aromatic rings. The van der Waals surface area contributed by atoms with E-state index in [1.807, 2.05) is 18.0 Å². The molecule has 134 valence electrons. The molecule has 0 bridgehead atoms. The van der Waals surface area contributed by atoms with E-state index in [-0.39, 0.29) is 12.4 Å². The van der Waals surface area contributed by atoms with Crippen LogP contribution in [0.3, 0.4) is 0 Å². The number of likely N-dealkylation sites (N-methyl/N-ethyl adjacent to an activating group) is 1. The van der Waals surface area contributed by atoms with Gasteiger partial charge in [0.25, 0.3) is 0 Å². The molecule has 0 aliphatic carbocycles. The van der Waals surface area contributed by atoms with Gasteiger partial charge in [0, 0.05) is 12.1 Å². The van der Waals surface area contributed by atoms with Crippen molar-refractivity contribution in [1.82, 2.24) is 9.80 Å². The van der Waals surface area contributed by atoms with Crippen LogP contribution in [-0.4, -0.2) is 59.6 Å². The number of aliphatic carboxylic acids is 1. The molecular weight excluding hydrogens is 307 g/mol. The fraction of sp³-hybridized carbons (Fsp3) is 0.632. The van der Waals surface area contributed by atoms with Crippen molar-refractivity contribution >= 4 is 5.97 Å². The number of aryl methyl sites for hydroxylation is 1. The minimum atomic E-state index is -0.762. The quantitative estimate of drug-likeness (QED) is 0.831. The van der Waals surface area contributed by atoms with Crippen molar-refractivity contribution < 1.29 is 14.3 Å². The Morgan fingerprint density at radius 2 is 2.21 bits per heavy atom. The van der Waals surface area contributed by atoms with Crippen LogP contribution in [0, 0.1) is 5.82 Å². The molecule has 2 unspecified atom stereocenters. The molecule has 0 aromatic heterocycles. The van der Waals surface area contributed by atoms with Gasteiger partial charge in [-0.25, -0.2) is 4.39 Å². The van der Waals surface area contributed by atoms with Gasteiger partial charge in [0.15, 0.2) is 0 Å². The van der Waals surface area contributed by atoms with Crippen LogP contribution in [0.25, 0.3) is 0 Å². The average molecular weight is 336 g/mol. The normalized spacial score (nSPS) is 20.8. The van der Waals surface area contributed by atoms with Crippen LogP contribution in [0.2, 0.25) is 0 Å². The summed E-state index contributed by atoms with van der Waals surface area (Å²) in [5.41, 5.74) is 1.05. The highest BCUT2D eigenvalue weighted by atomic mass is 19.1. The van der Waals surface area contributed by atoms with Crippen molar-refractivity contribution in [3.8, 4) is 0 Å². The van der Waals surface area contributed by atoms with E-state index in [1.54, 1.807) is 12.1 Å². The van der Waals surface area contributed by atoms with E-state index in [2.05, 4.69) is 11.8 Å².